The van der Waals surface area contributed by atoms with Gasteiger partial charge >= 0.3 is 0 Å². The first-order valence-corrected chi connectivity index (χ1v) is 6.40. The average molecular weight is 325 g/mol. The number of nitrogens with zero attached hydrogens (tertiary/aromatic N) is 2. The van der Waals surface area contributed by atoms with Gasteiger partial charge in [-0.05, 0) is 35.1 Å². The molecule has 1 N–H and O–H groups in total. The van der Waals surface area contributed by atoms with Crippen molar-refractivity contribution in [1.29, 1.82) is 0 Å². The van der Waals surface area contributed by atoms with Crippen LogP contribution in [0.25, 0.3) is 11.3 Å². The van der Waals surface area contributed by atoms with Crippen molar-refractivity contribution in [2.45, 2.75) is 6.42 Å². The van der Waals surface area contributed by atoms with Gasteiger partial charge in [0.2, 0.25) is 0 Å². The molecule has 0 saturated carbocycles. The van der Waals surface area contributed by atoms with Crippen LogP contribution in [0.4, 0.5) is 5.82 Å². The van der Waals surface area contributed by atoms with Crippen molar-refractivity contribution in [2.24, 2.45) is 7.05 Å². The average Bonchev–Trinajstić information content (AvgIpc) is 2.84. The van der Waals surface area contributed by atoms with Gasteiger partial charge in [0, 0.05) is 28.3 Å². The molecule has 0 bridgehead atoms. The van der Waals surface area contributed by atoms with Gasteiger partial charge in [0.1, 0.15) is 5.82 Å². The number of hydrogen-bond donors (Lipinski definition) is 1. The number of fused-ring (bicyclic) bond motifs is 1. The Morgan fingerprint density at radius 1 is 1.38 bits per heavy atom. The Labute approximate surface area is 108 Å². The Kier molecular flexibility index (Phi) is 2.38. The standard InChI is InChI=1S/C12H12IN3/c1-16-12-9(6-7-14-12)11(15-16)8-4-2-3-5-10(8)13/h2-5,14H,6-7H2,1H3. The van der Waals surface area contributed by atoms with E-state index in [-0.39, 0.29) is 0 Å². The van der Waals surface area contributed by atoms with E-state index in [4.69, 9.17) is 0 Å². The Hall–Kier alpha value is -1.04. The fraction of sp³-hybridized carbons (Fsp3) is 0.250. The first-order valence-electron chi connectivity index (χ1n) is 5.32. The number of nitrogens with one attached hydrogen (secondary N) is 1. The summed E-state index contributed by atoms with van der Waals surface area (Å²) in [5, 5.41) is 7.99. The maximum absolute atomic E-state index is 4.61. The van der Waals surface area contributed by atoms with E-state index in [9.17, 15) is 0 Å². The third-order valence-corrected chi connectivity index (χ3v) is 3.88. The summed E-state index contributed by atoms with van der Waals surface area (Å²) >= 11 is 2.37. The molecule has 0 spiro atoms. The van der Waals surface area contributed by atoms with Crippen LogP contribution in [0.5, 0.6) is 0 Å². The summed E-state index contributed by atoms with van der Waals surface area (Å²) in [6.07, 6.45) is 1.07. The van der Waals surface area contributed by atoms with Crippen LogP contribution < -0.4 is 5.32 Å². The second kappa shape index (κ2) is 3.76. The summed E-state index contributed by atoms with van der Waals surface area (Å²) in [6, 6.07) is 8.40. The monoisotopic (exact) mass is 325 g/mol. The molecule has 0 amide bonds. The lowest BCUT2D eigenvalue weighted by Gasteiger charge is -2.02. The topological polar surface area (TPSA) is 29.9 Å². The summed E-state index contributed by atoms with van der Waals surface area (Å²) in [5.74, 6) is 1.18. The highest BCUT2D eigenvalue weighted by atomic mass is 127. The van der Waals surface area contributed by atoms with Gasteiger partial charge in [-0.15, -0.1) is 0 Å². The van der Waals surface area contributed by atoms with E-state index in [0.29, 0.717) is 0 Å². The minimum atomic E-state index is 1.03. The van der Waals surface area contributed by atoms with Crippen molar-refractivity contribution in [3.8, 4) is 11.3 Å². The molecule has 0 radical (unpaired) electrons. The molecule has 1 aliphatic rings. The minimum Gasteiger partial charge on any atom is -0.370 e. The molecule has 82 valence electrons. The lowest BCUT2D eigenvalue weighted by Crippen LogP contribution is -2.01. The number of rotatable bonds is 1. The van der Waals surface area contributed by atoms with E-state index in [1.165, 1.54) is 20.5 Å². The largest absolute Gasteiger partial charge is 0.370 e. The highest BCUT2D eigenvalue weighted by molar-refractivity contribution is 14.1. The zero-order chi connectivity index (χ0) is 11.1. The smallest absolute Gasteiger partial charge is 0.127 e. The highest BCUT2D eigenvalue weighted by Crippen LogP contribution is 2.33. The number of benzene rings is 1. The van der Waals surface area contributed by atoms with E-state index in [2.05, 4.69) is 57.3 Å². The molecule has 2 heterocycles. The summed E-state index contributed by atoms with van der Waals surface area (Å²) in [7, 11) is 2.00. The molecule has 4 heteroatoms. The number of hydrogen-bond acceptors (Lipinski definition) is 2. The molecule has 3 rings (SSSR count). The molecule has 1 aliphatic heterocycles. The predicted octanol–water partition coefficient (Wildman–Crippen LogP) is 2.66. The van der Waals surface area contributed by atoms with E-state index in [1.807, 2.05) is 11.7 Å². The van der Waals surface area contributed by atoms with E-state index < -0.39 is 0 Å². The number of anilines is 1. The molecule has 0 atom stereocenters. The van der Waals surface area contributed by atoms with Crippen LogP contribution in [0.15, 0.2) is 24.3 Å². The third kappa shape index (κ3) is 1.43. The number of aryl methyl sites for hydroxylation is 1. The van der Waals surface area contributed by atoms with Gasteiger partial charge in [-0.25, -0.2) is 0 Å². The van der Waals surface area contributed by atoms with Crippen molar-refractivity contribution < 1.29 is 0 Å². The van der Waals surface area contributed by atoms with Crippen LogP contribution >= 0.6 is 22.6 Å². The van der Waals surface area contributed by atoms with E-state index in [1.54, 1.807) is 0 Å². The van der Waals surface area contributed by atoms with Gasteiger partial charge in [-0.1, -0.05) is 18.2 Å². The van der Waals surface area contributed by atoms with E-state index in [0.717, 1.165) is 18.7 Å². The zero-order valence-corrected chi connectivity index (χ0v) is 11.2. The summed E-state index contributed by atoms with van der Waals surface area (Å²) in [6.45, 7) is 1.03. The number of aromatic nitrogens is 2. The molecule has 0 saturated heterocycles. The van der Waals surface area contributed by atoms with Crippen molar-refractivity contribution in [1.82, 2.24) is 9.78 Å². The minimum absolute atomic E-state index is 1.03. The molecule has 0 unspecified atom stereocenters. The highest BCUT2D eigenvalue weighted by Gasteiger charge is 2.22. The normalized spacial score (nSPS) is 13.6. The van der Waals surface area contributed by atoms with Crippen LogP contribution in [-0.2, 0) is 13.5 Å². The van der Waals surface area contributed by atoms with Gasteiger partial charge in [-0.3, -0.25) is 4.68 Å². The summed E-state index contributed by atoms with van der Waals surface area (Å²) in [4.78, 5) is 0. The van der Waals surface area contributed by atoms with Crippen LogP contribution in [0.2, 0.25) is 0 Å². The molecule has 3 nitrogen and oxygen atoms in total. The van der Waals surface area contributed by atoms with Gasteiger partial charge in [0.05, 0.1) is 5.69 Å². The first-order chi connectivity index (χ1) is 7.77. The lowest BCUT2D eigenvalue weighted by molar-refractivity contribution is 0.775. The molecule has 2 aromatic rings. The molecular weight excluding hydrogens is 313 g/mol. The Balaban J connectivity index is 2.21. The van der Waals surface area contributed by atoms with Crippen molar-refractivity contribution in [3.05, 3.63) is 33.4 Å². The third-order valence-electron chi connectivity index (χ3n) is 2.94. The molecule has 0 fully saturated rings. The molecular formula is C12H12IN3. The van der Waals surface area contributed by atoms with Crippen LogP contribution in [0, 0.1) is 3.57 Å². The summed E-state index contributed by atoms with van der Waals surface area (Å²) in [5.41, 5.74) is 3.72. The maximum atomic E-state index is 4.61. The summed E-state index contributed by atoms with van der Waals surface area (Å²) < 4.78 is 3.20. The molecule has 16 heavy (non-hydrogen) atoms. The second-order valence-electron chi connectivity index (χ2n) is 3.96. The van der Waals surface area contributed by atoms with Crippen molar-refractivity contribution >= 4 is 28.4 Å². The zero-order valence-electron chi connectivity index (χ0n) is 9.00. The van der Waals surface area contributed by atoms with Gasteiger partial charge in [-0.2, -0.15) is 5.10 Å². The van der Waals surface area contributed by atoms with Gasteiger partial charge in [0.15, 0.2) is 0 Å². The molecule has 1 aromatic heterocycles. The maximum Gasteiger partial charge on any atom is 0.127 e. The van der Waals surface area contributed by atoms with Crippen molar-refractivity contribution in [3.63, 3.8) is 0 Å². The molecule has 0 aliphatic carbocycles. The fourth-order valence-electron chi connectivity index (χ4n) is 2.20. The van der Waals surface area contributed by atoms with Crippen LogP contribution in [-0.4, -0.2) is 16.3 Å². The lowest BCUT2D eigenvalue weighted by atomic mass is 10.1. The van der Waals surface area contributed by atoms with Crippen LogP contribution in [0.3, 0.4) is 0 Å². The van der Waals surface area contributed by atoms with Gasteiger partial charge in [0.25, 0.3) is 0 Å². The van der Waals surface area contributed by atoms with Gasteiger partial charge < -0.3 is 5.32 Å². The van der Waals surface area contributed by atoms with E-state index >= 15 is 0 Å². The number of halogens is 1. The Bertz CT molecular complexity index is 545. The molecule has 1 aromatic carbocycles. The second-order valence-corrected chi connectivity index (χ2v) is 5.12. The predicted molar refractivity (Wildman–Crippen MR) is 73.6 cm³/mol. The fourth-order valence-corrected chi connectivity index (χ4v) is 2.84. The quantitative estimate of drug-likeness (QED) is 0.817. The van der Waals surface area contributed by atoms with Crippen LogP contribution in [0.1, 0.15) is 5.56 Å². The first kappa shape index (κ1) is 10.1. The Morgan fingerprint density at radius 3 is 3.00 bits per heavy atom. The SMILES string of the molecule is Cn1nc(-c2ccccc2I)c2c1NCC2. The Morgan fingerprint density at radius 2 is 2.19 bits per heavy atom. The van der Waals surface area contributed by atoms with Crippen molar-refractivity contribution in [2.75, 3.05) is 11.9 Å².